The number of carbonyl (C=O) groups is 1. The normalized spacial score (nSPS) is 34.6. The Balaban J connectivity index is 2.43. The molecule has 2 rings (SSSR count). The van der Waals surface area contributed by atoms with E-state index >= 15 is 0 Å². The number of hydrogen-bond acceptors (Lipinski definition) is 2. The van der Waals surface area contributed by atoms with E-state index in [4.69, 9.17) is 0 Å². The van der Waals surface area contributed by atoms with Gasteiger partial charge in [-0.2, -0.15) is 13.2 Å². The fourth-order valence-corrected chi connectivity index (χ4v) is 4.23. The van der Waals surface area contributed by atoms with E-state index in [1.54, 1.807) is 0 Å². The Labute approximate surface area is 146 Å². The van der Waals surface area contributed by atoms with Crippen LogP contribution in [0.5, 0.6) is 0 Å². The third kappa shape index (κ3) is 3.39. The van der Waals surface area contributed by atoms with Crippen LogP contribution < -0.4 is 0 Å². The molecule has 3 unspecified atom stereocenters. The molecule has 2 fully saturated rings. The second-order valence-electron chi connectivity index (χ2n) is 7.39. The SMILES string of the molecule is C=C1C(=C)C2(CC(C)=CC=CC)CCC(O)(C(F)(F)F)CC2CC1=O. The molecule has 0 aliphatic heterocycles. The number of rotatable bonds is 3. The van der Waals surface area contributed by atoms with Gasteiger partial charge in [0, 0.05) is 17.4 Å². The summed E-state index contributed by atoms with van der Waals surface area (Å²) in [6.07, 6.45) is 0.752. The molecule has 0 heterocycles. The van der Waals surface area contributed by atoms with Crippen molar-refractivity contribution in [3.63, 3.8) is 0 Å². The van der Waals surface area contributed by atoms with Gasteiger partial charge < -0.3 is 5.11 Å². The average Bonchev–Trinajstić information content (AvgIpc) is 2.52. The van der Waals surface area contributed by atoms with Gasteiger partial charge in [0.1, 0.15) is 0 Å². The summed E-state index contributed by atoms with van der Waals surface area (Å²) in [7, 11) is 0. The number of hydrogen-bond donors (Lipinski definition) is 1. The minimum absolute atomic E-state index is 0.0207. The highest BCUT2D eigenvalue weighted by atomic mass is 19.4. The van der Waals surface area contributed by atoms with Gasteiger partial charge in [0.15, 0.2) is 11.4 Å². The topological polar surface area (TPSA) is 37.3 Å². The number of aliphatic hydroxyl groups is 1. The summed E-state index contributed by atoms with van der Waals surface area (Å²) >= 11 is 0. The highest BCUT2D eigenvalue weighted by Gasteiger charge is 2.62. The largest absolute Gasteiger partial charge is 0.417 e. The monoisotopic (exact) mass is 354 g/mol. The zero-order chi connectivity index (χ0) is 19.0. The minimum atomic E-state index is -4.70. The predicted octanol–water partition coefficient (Wildman–Crippen LogP) is 5.06. The standard InChI is InChI=1S/C20H25F3O2/c1-5-6-7-13(2)11-18-8-9-19(25,20(21,22)23)12-16(18)10-17(24)14(3)15(18)4/h5-7,16,25H,3-4,8-12H2,1-2H3. The lowest BCUT2D eigenvalue weighted by Gasteiger charge is -2.53. The van der Waals surface area contributed by atoms with E-state index in [1.165, 1.54) is 0 Å². The summed E-state index contributed by atoms with van der Waals surface area (Å²) < 4.78 is 39.9. The number of allylic oxidation sites excluding steroid dienone is 6. The maximum atomic E-state index is 13.3. The van der Waals surface area contributed by atoms with Crippen LogP contribution in [0.4, 0.5) is 13.2 Å². The maximum absolute atomic E-state index is 13.3. The third-order valence-corrected chi connectivity index (χ3v) is 5.78. The first-order valence-electron chi connectivity index (χ1n) is 8.46. The van der Waals surface area contributed by atoms with Crippen molar-refractivity contribution in [1.82, 2.24) is 0 Å². The molecule has 2 aliphatic rings. The predicted molar refractivity (Wildman–Crippen MR) is 91.9 cm³/mol. The van der Waals surface area contributed by atoms with E-state index in [0.717, 1.165) is 5.57 Å². The number of alkyl halides is 3. The molecule has 0 saturated heterocycles. The van der Waals surface area contributed by atoms with E-state index in [1.807, 2.05) is 32.1 Å². The Kier molecular flexibility index (Phi) is 5.20. The lowest BCUT2D eigenvalue weighted by Crippen LogP contribution is -2.55. The number of carbonyl (C=O) groups excluding carboxylic acids is 1. The summed E-state index contributed by atoms with van der Waals surface area (Å²) in [5.41, 5.74) is -1.53. The average molecular weight is 354 g/mol. The van der Waals surface area contributed by atoms with Crippen molar-refractivity contribution < 1.29 is 23.1 Å². The molecule has 2 saturated carbocycles. The van der Waals surface area contributed by atoms with Gasteiger partial charge in [0.2, 0.25) is 0 Å². The molecular weight excluding hydrogens is 329 g/mol. The fraction of sp³-hybridized carbons (Fsp3) is 0.550. The lowest BCUT2D eigenvalue weighted by atomic mass is 9.51. The van der Waals surface area contributed by atoms with Crippen LogP contribution in [0.1, 0.15) is 46.0 Å². The second kappa shape index (κ2) is 6.60. The van der Waals surface area contributed by atoms with Gasteiger partial charge >= 0.3 is 6.18 Å². The molecule has 0 aromatic rings. The third-order valence-electron chi connectivity index (χ3n) is 5.78. The molecule has 2 aliphatic carbocycles. The molecule has 138 valence electrons. The molecule has 0 radical (unpaired) electrons. The first kappa shape index (κ1) is 19.7. The van der Waals surface area contributed by atoms with Gasteiger partial charge in [-0.05, 0) is 51.0 Å². The Morgan fingerprint density at radius 1 is 1.36 bits per heavy atom. The molecule has 0 aromatic carbocycles. The first-order chi connectivity index (χ1) is 11.5. The molecule has 0 bridgehead atoms. The molecule has 2 nitrogen and oxygen atoms in total. The molecule has 0 spiro atoms. The van der Waals surface area contributed by atoms with Crippen molar-refractivity contribution in [2.75, 3.05) is 0 Å². The van der Waals surface area contributed by atoms with E-state index in [2.05, 4.69) is 13.2 Å². The maximum Gasteiger partial charge on any atom is 0.417 e. The van der Waals surface area contributed by atoms with Crippen LogP contribution in [-0.2, 0) is 4.79 Å². The van der Waals surface area contributed by atoms with Gasteiger partial charge in [0.25, 0.3) is 0 Å². The summed E-state index contributed by atoms with van der Waals surface area (Å²) in [6.45, 7) is 11.6. The van der Waals surface area contributed by atoms with E-state index in [-0.39, 0.29) is 25.0 Å². The smallest absolute Gasteiger partial charge is 0.380 e. The second-order valence-corrected chi connectivity index (χ2v) is 7.39. The van der Waals surface area contributed by atoms with Crippen molar-refractivity contribution in [3.05, 3.63) is 48.1 Å². The van der Waals surface area contributed by atoms with Crippen molar-refractivity contribution in [3.8, 4) is 0 Å². The van der Waals surface area contributed by atoms with Crippen LogP contribution in [0, 0.1) is 11.3 Å². The van der Waals surface area contributed by atoms with Crippen molar-refractivity contribution >= 4 is 5.78 Å². The fourth-order valence-electron chi connectivity index (χ4n) is 4.23. The zero-order valence-electron chi connectivity index (χ0n) is 14.7. The van der Waals surface area contributed by atoms with Crippen molar-refractivity contribution in [2.45, 2.75) is 57.7 Å². The number of ketones is 1. The highest BCUT2D eigenvalue weighted by molar-refractivity contribution is 6.00. The summed E-state index contributed by atoms with van der Waals surface area (Å²) in [5.74, 6) is -0.862. The van der Waals surface area contributed by atoms with Crippen molar-refractivity contribution in [2.24, 2.45) is 11.3 Å². The number of fused-ring (bicyclic) bond motifs is 1. The van der Waals surface area contributed by atoms with Crippen LogP contribution in [-0.4, -0.2) is 22.7 Å². The molecule has 5 heteroatoms. The Bertz CT molecular complexity index is 656. The van der Waals surface area contributed by atoms with Gasteiger partial charge in [-0.1, -0.05) is 37.0 Å². The van der Waals surface area contributed by atoms with Gasteiger partial charge in [-0.25, -0.2) is 0 Å². The lowest BCUT2D eigenvalue weighted by molar-refractivity contribution is -0.281. The van der Waals surface area contributed by atoms with Gasteiger partial charge in [-0.3, -0.25) is 4.79 Å². The Morgan fingerprint density at radius 3 is 2.56 bits per heavy atom. The molecule has 1 N–H and O–H groups in total. The summed E-state index contributed by atoms with van der Waals surface area (Å²) in [6, 6.07) is 0. The quantitative estimate of drug-likeness (QED) is 0.568. The van der Waals surface area contributed by atoms with Gasteiger partial charge in [-0.15, -0.1) is 0 Å². The van der Waals surface area contributed by atoms with E-state index < -0.39 is 29.5 Å². The molecule has 3 atom stereocenters. The van der Waals surface area contributed by atoms with Crippen LogP contribution in [0.2, 0.25) is 0 Å². The molecule has 25 heavy (non-hydrogen) atoms. The molecule has 0 amide bonds. The van der Waals surface area contributed by atoms with Crippen molar-refractivity contribution in [1.29, 1.82) is 0 Å². The Hall–Kier alpha value is -1.62. The zero-order valence-corrected chi connectivity index (χ0v) is 14.7. The Morgan fingerprint density at radius 2 is 2.00 bits per heavy atom. The minimum Gasteiger partial charge on any atom is -0.380 e. The van der Waals surface area contributed by atoms with E-state index in [9.17, 15) is 23.1 Å². The highest BCUT2D eigenvalue weighted by Crippen LogP contribution is 2.60. The molecular formula is C20H25F3O2. The van der Waals surface area contributed by atoms with Crippen LogP contribution in [0.3, 0.4) is 0 Å². The van der Waals surface area contributed by atoms with Crippen LogP contribution >= 0.6 is 0 Å². The summed E-state index contributed by atoms with van der Waals surface area (Å²) in [4.78, 5) is 12.2. The molecule has 0 aromatic heterocycles. The van der Waals surface area contributed by atoms with Crippen LogP contribution in [0.15, 0.2) is 48.1 Å². The van der Waals surface area contributed by atoms with Gasteiger partial charge in [0.05, 0.1) is 0 Å². The number of Topliss-reactive ketones (excluding diaryl/α,β-unsaturated/α-hetero) is 1. The summed E-state index contributed by atoms with van der Waals surface area (Å²) in [5, 5.41) is 10.2. The first-order valence-corrected chi connectivity index (χ1v) is 8.46. The van der Waals surface area contributed by atoms with Crippen LogP contribution in [0.25, 0.3) is 0 Å². The van der Waals surface area contributed by atoms with E-state index in [0.29, 0.717) is 17.6 Å². The number of halogens is 3.